The van der Waals surface area contributed by atoms with Crippen LogP contribution in [0.15, 0.2) is 18.2 Å². The monoisotopic (exact) mass is 430 g/mol. The number of benzene rings is 1. The third kappa shape index (κ3) is 10.6. The zero-order valence-electron chi connectivity index (χ0n) is 16.9. The first-order valence-electron chi connectivity index (χ1n) is 8.96. The Morgan fingerprint density at radius 2 is 1.80 bits per heavy atom. The molecule has 12 nitrogen and oxygen atoms in total. The van der Waals surface area contributed by atoms with E-state index in [1.807, 2.05) is 0 Å². The van der Waals surface area contributed by atoms with Crippen LogP contribution >= 0.6 is 0 Å². The van der Waals surface area contributed by atoms with E-state index in [4.69, 9.17) is 29.7 Å². The Kier molecular flexibility index (Phi) is 9.98. The van der Waals surface area contributed by atoms with E-state index in [0.29, 0.717) is 0 Å². The van der Waals surface area contributed by atoms with E-state index in [0.717, 1.165) is 6.07 Å². The molecule has 0 aromatic heterocycles. The summed E-state index contributed by atoms with van der Waals surface area (Å²) in [6.45, 7) is 5.06. The zero-order chi connectivity index (χ0) is 22.7. The number of ether oxygens (including phenoxy) is 3. The summed E-state index contributed by atoms with van der Waals surface area (Å²) in [4.78, 5) is 39.2. The molecule has 0 aliphatic heterocycles. The number of carbonyl (C=O) groups excluding carboxylic acids is 2. The largest absolute Gasteiger partial charge is 0.490 e. The molecule has 4 N–H and O–H groups in total. The van der Waals surface area contributed by atoms with Gasteiger partial charge in [0.2, 0.25) is 0 Å². The van der Waals surface area contributed by atoms with Gasteiger partial charge < -0.3 is 24.6 Å². The smallest absolute Gasteiger partial charge is 0.407 e. The van der Waals surface area contributed by atoms with Crippen LogP contribution in [0.25, 0.3) is 0 Å². The van der Waals surface area contributed by atoms with Gasteiger partial charge in [0.05, 0.1) is 30.6 Å². The van der Waals surface area contributed by atoms with E-state index in [9.17, 15) is 14.4 Å². The third-order valence-electron chi connectivity index (χ3n) is 3.16. The van der Waals surface area contributed by atoms with Gasteiger partial charge in [-0.05, 0) is 39.0 Å². The summed E-state index contributed by atoms with van der Waals surface area (Å²) < 4.78 is 15.7. The molecule has 1 aromatic carbocycles. The second kappa shape index (κ2) is 11.9. The highest BCUT2D eigenvalue weighted by Crippen LogP contribution is 2.29. The van der Waals surface area contributed by atoms with E-state index in [1.54, 1.807) is 20.8 Å². The van der Waals surface area contributed by atoms with Gasteiger partial charge in [-0.25, -0.2) is 9.59 Å². The van der Waals surface area contributed by atoms with Crippen molar-refractivity contribution in [2.24, 2.45) is 0 Å². The number of carboxylic acids is 1. The predicted octanol–water partition coefficient (Wildman–Crippen LogP) is 1.99. The number of rotatable bonds is 11. The molecule has 12 heteroatoms. The average Bonchev–Trinajstić information content (AvgIpc) is 2.60. The molecule has 0 atom stereocenters. The van der Waals surface area contributed by atoms with Crippen LogP contribution in [-0.4, -0.2) is 64.3 Å². The zero-order valence-corrected chi connectivity index (χ0v) is 16.9. The molecular formula is C18H26N2O10. The number of hydrogen-bond acceptors (Lipinski definition) is 10. The van der Waals surface area contributed by atoms with Gasteiger partial charge in [-0.1, -0.05) is 0 Å². The third-order valence-corrected chi connectivity index (χ3v) is 3.16. The van der Waals surface area contributed by atoms with Crippen molar-refractivity contribution in [3.8, 4) is 11.5 Å². The van der Waals surface area contributed by atoms with Crippen molar-refractivity contribution >= 4 is 18.0 Å². The quantitative estimate of drug-likeness (QED) is 0.176. The number of hydrogen-bond donors (Lipinski definition) is 4. The summed E-state index contributed by atoms with van der Waals surface area (Å²) in [5.74, 6) is -1.94. The van der Waals surface area contributed by atoms with Crippen LogP contribution in [0.5, 0.6) is 11.5 Å². The lowest BCUT2D eigenvalue weighted by atomic mass is 10.2. The van der Waals surface area contributed by atoms with Gasteiger partial charge >= 0.3 is 18.0 Å². The molecule has 0 aliphatic rings. The van der Waals surface area contributed by atoms with Crippen molar-refractivity contribution in [2.75, 3.05) is 19.8 Å². The highest BCUT2D eigenvalue weighted by Gasteiger charge is 2.17. The fourth-order valence-electron chi connectivity index (χ4n) is 1.98. The first-order valence-corrected chi connectivity index (χ1v) is 8.96. The van der Waals surface area contributed by atoms with Gasteiger partial charge in [0.15, 0.2) is 11.5 Å². The Bertz CT molecular complexity index is 730. The summed E-state index contributed by atoms with van der Waals surface area (Å²) >= 11 is 0. The fourth-order valence-corrected chi connectivity index (χ4v) is 1.98. The number of alkyl carbamates (subject to hydrolysis) is 1. The highest BCUT2D eigenvalue weighted by molar-refractivity contribution is 5.89. The maximum absolute atomic E-state index is 12.1. The Morgan fingerprint density at radius 3 is 2.40 bits per heavy atom. The van der Waals surface area contributed by atoms with Gasteiger partial charge in [-0.2, -0.15) is 0 Å². The van der Waals surface area contributed by atoms with Crippen LogP contribution in [0, 0.1) is 0 Å². The standard InChI is InChI=1S/C18H26N2O10/c1-18(2,3)30-17(24)19-8-7-15(21)29-14-11-12(16(22)23)5-6-13(14)27-9-4-10-28-20(25)26/h5-6,11,25-26H,4,7-10H2,1-3H3,(H,19,24)(H,22,23). The summed E-state index contributed by atoms with van der Waals surface area (Å²) in [6.07, 6.45) is -0.614. The van der Waals surface area contributed by atoms with Gasteiger partial charge in [0, 0.05) is 13.0 Å². The van der Waals surface area contributed by atoms with E-state index in [1.165, 1.54) is 12.1 Å². The van der Waals surface area contributed by atoms with Gasteiger partial charge in [0.25, 0.3) is 0 Å². The Morgan fingerprint density at radius 1 is 1.10 bits per heavy atom. The molecule has 0 radical (unpaired) electrons. The summed E-state index contributed by atoms with van der Waals surface area (Å²) in [6, 6.07) is 3.74. The van der Waals surface area contributed by atoms with Crippen LogP contribution in [0.4, 0.5) is 4.79 Å². The van der Waals surface area contributed by atoms with Crippen molar-refractivity contribution in [2.45, 2.75) is 39.2 Å². The second-order valence-corrected chi connectivity index (χ2v) is 6.91. The number of carbonyl (C=O) groups is 3. The normalized spacial score (nSPS) is 11.1. The summed E-state index contributed by atoms with van der Waals surface area (Å²) in [5.41, 5.74) is -0.789. The number of esters is 1. The highest BCUT2D eigenvalue weighted by atomic mass is 17.1. The molecular weight excluding hydrogens is 404 g/mol. The van der Waals surface area contributed by atoms with Crippen molar-refractivity contribution in [1.82, 2.24) is 10.7 Å². The van der Waals surface area contributed by atoms with Crippen molar-refractivity contribution in [1.29, 1.82) is 0 Å². The number of carboxylic acid groups (broad SMARTS) is 1. The Labute approximate surface area is 172 Å². The minimum absolute atomic E-state index is 0.0429. The van der Waals surface area contributed by atoms with Crippen LogP contribution in [0.1, 0.15) is 44.0 Å². The first-order chi connectivity index (χ1) is 14.0. The molecule has 0 saturated heterocycles. The lowest BCUT2D eigenvalue weighted by Gasteiger charge is -2.19. The van der Waals surface area contributed by atoms with Crippen molar-refractivity contribution in [3.05, 3.63) is 23.8 Å². The van der Waals surface area contributed by atoms with Crippen LogP contribution in [0.3, 0.4) is 0 Å². The predicted molar refractivity (Wildman–Crippen MR) is 99.4 cm³/mol. The van der Waals surface area contributed by atoms with Crippen LogP contribution < -0.4 is 14.8 Å². The minimum Gasteiger partial charge on any atom is -0.490 e. The van der Waals surface area contributed by atoms with Gasteiger partial charge in [-0.3, -0.25) is 20.0 Å². The second-order valence-electron chi connectivity index (χ2n) is 6.91. The maximum Gasteiger partial charge on any atom is 0.407 e. The lowest BCUT2D eigenvalue weighted by molar-refractivity contribution is -0.492. The van der Waals surface area contributed by atoms with E-state index < -0.39 is 29.0 Å². The molecule has 0 bridgehead atoms. The van der Waals surface area contributed by atoms with E-state index >= 15 is 0 Å². The Hall–Kier alpha value is -2.93. The molecule has 0 unspecified atom stereocenters. The van der Waals surface area contributed by atoms with Gasteiger partial charge in [0.1, 0.15) is 5.60 Å². The molecule has 1 aromatic rings. The molecule has 0 fully saturated rings. The molecule has 30 heavy (non-hydrogen) atoms. The van der Waals surface area contributed by atoms with Crippen molar-refractivity contribution < 1.29 is 49.0 Å². The first kappa shape index (κ1) is 25.1. The van der Waals surface area contributed by atoms with Gasteiger partial charge in [-0.15, -0.1) is 0 Å². The SMILES string of the molecule is CC(C)(C)OC(=O)NCCC(=O)Oc1cc(C(=O)O)ccc1OCCCON(O)O. The molecule has 1 amide bonds. The number of amides is 1. The molecule has 0 saturated carbocycles. The molecule has 1 rings (SSSR count). The van der Waals surface area contributed by atoms with E-state index in [2.05, 4.69) is 10.2 Å². The van der Waals surface area contributed by atoms with Crippen LogP contribution in [-0.2, 0) is 14.4 Å². The number of nitrogens with one attached hydrogen (secondary N) is 1. The topological polar surface area (TPSA) is 164 Å². The van der Waals surface area contributed by atoms with Crippen LogP contribution in [0.2, 0.25) is 0 Å². The molecule has 0 heterocycles. The number of nitrogens with zero attached hydrogens (tertiary/aromatic N) is 1. The lowest BCUT2D eigenvalue weighted by Crippen LogP contribution is -2.34. The Balaban J connectivity index is 2.63. The summed E-state index contributed by atoms with van der Waals surface area (Å²) in [5, 5.41) is 28.0. The average molecular weight is 430 g/mol. The van der Waals surface area contributed by atoms with Crippen molar-refractivity contribution in [3.63, 3.8) is 0 Å². The fraction of sp³-hybridized carbons (Fsp3) is 0.500. The minimum atomic E-state index is -1.22. The molecule has 168 valence electrons. The maximum atomic E-state index is 12.1. The molecule has 0 spiro atoms. The van der Waals surface area contributed by atoms with E-state index in [-0.39, 0.29) is 49.7 Å². The number of aromatic carboxylic acids is 1. The molecule has 0 aliphatic carbocycles. The summed E-state index contributed by atoms with van der Waals surface area (Å²) in [7, 11) is 0.